The van der Waals surface area contributed by atoms with E-state index in [4.69, 9.17) is 4.74 Å². The Labute approximate surface area is 297 Å². The van der Waals surface area contributed by atoms with Crippen LogP contribution in [0.1, 0.15) is 17.0 Å². The van der Waals surface area contributed by atoms with Crippen molar-refractivity contribution in [2.24, 2.45) is 0 Å². The number of anilines is 2. The molecule has 51 heavy (non-hydrogen) atoms. The van der Waals surface area contributed by atoms with Crippen LogP contribution < -0.4 is 10.1 Å². The van der Waals surface area contributed by atoms with Crippen molar-refractivity contribution < 1.29 is 4.74 Å². The summed E-state index contributed by atoms with van der Waals surface area (Å²) in [5, 5.41) is 6.20. The van der Waals surface area contributed by atoms with Crippen molar-refractivity contribution in [2.45, 2.75) is 12.0 Å². The lowest BCUT2D eigenvalue weighted by atomic mass is 9.84. The predicted molar refractivity (Wildman–Crippen MR) is 212 cm³/mol. The van der Waals surface area contributed by atoms with Crippen LogP contribution >= 0.6 is 0 Å². The van der Waals surface area contributed by atoms with E-state index in [0.29, 0.717) is 0 Å². The van der Waals surface area contributed by atoms with Crippen molar-refractivity contribution in [3.8, 4) is 33.7 Å². The minimum Gasteiger partial charge on any atom is -0.484 e. The molecule has 1 aromatic heterocycles. The summed E-state index contributed by atoms with van der Waals surface area (Å²) in [6.45, 7) is 0. The van der Waals surface area contributed by atoms with Gasteiger partial charge in [-0.05, 0) is 70.8 Å². The fourth-order valence-corrected chi connectivity index (χ4v) is 8.05. The number of nitrogens with one attached hydrogen (secondary N) is 1. The van der Waals surface area contributed by atoms with Gasteiger partial charge in [0, 0.05) is 44.8 Å². The van der Waals surface area contributed by atoms with Gasteiger partial charge in [-0.2, -0.15) is 0 Å². The molecule has 0 fully saturated rings. The van der Waals surface area contributed by atoms with E-state index in [0.717, 1.165) is 22.7 Å². The molecule has 8 aromatic rings. The van der Waals surface area contributed by atoms with Crippen LogP contribution in [0.5, 0.6) is 5.75 Å². The van der Waals surface area contributed by atoms with Gasteiger partial charge in [0.1, 0.15) is 11.9 Å². The molecule has 0 amide bonds. The number of para-hydroxylation sites is 4. The lowest BCUT2D eigenvalue weighted by Crippen LogP contribution is -2.22. The summed E-state index contributed by atoms with van der Waals surface area (Å²) in [4.78, 5) is 0. The first-order valence-corrected chi connectivity index (χ1v) is 17.6. The predicted octanol–water partition coefficient (Wildman–Crippen LogP) is 12.4. The summed E-state index contributed by atoms with van der Waals surface area (Å²) >= 11 is 0. The quantitative estimate of drug-likeness (QED) is 0.193. The van der Waals surface area contributed by atoms with E-state index in [1.165, 1.54) is 60.9 Å². The zero-order valence-corrected chi connectivity index (χ0v) is 27.9. The van der Waals surface area contributed by atoms with Gasteiger partial charge in [-0.25, -0.2) is 0 Å². The maximum atomic E-state index is 6.43. The second-order valence-electron chi connectivity index (χ2n) is 13.3. The van der Waals surface area contributed by atoms with Crippen molar-refractivity contribution in [3.63, 3.8) is 0 Å². The van der Waals surface area contributed by atoms with Crippen LogP contribution in [0.25, 0.3) is 55.3 Å². The van der Waals surface area contributed by atoms with Gasteiger partial charge in [-0.15, -0.1) is 0 Å². The first-order valence-electron chi connectivity index (χ1n) is 17.6. The van der Waals surface area contributed by atoms with Crippen molar-refractivity contribution in [2.75, 3.05) is 5.32 Å². The summed E-state index contributed by atoms with van der Waals surface area (Å²) in [5.74, 6) is 1.13. The van der Waals surface area contributed by atoms with Crippen molar-refractivity contribution in [1.82, 2.24) is 4.57 Å². The number of rotatable bonds is 6. The molecule has 1 N–H and O–H groups in total. The number of nitrogens with zero attached hydrogens (tertiary/aromatic N) is 1. The van der Waals surface area contributed by atoms with E-state index >= 15 is 0 Å². The number of hydrogen-bond acceptors (Lipinski definition) is 2. The van der Waals surface area contributed by atoms with Gasteiger partial charge < -0.3 is 14.6 Å². The summed E-state index contributed by atoms with van der Waals surface area (Å²) in [6.07, 6.45) is 6.61. The Bertz CT molecular complexity index is 2610. The normalized spacial score (nSPS) is 16.0. The van der Waals surface area contributed by atoms with Gasteiger partial charge in [0.15, 0.2) is 0 Å². The third kappa shape index (κ3) is 4.97. The highest BCUT2D eigenvalue weighted by Crippen LogP contribution is 2.46. The highest BCUT2D eigenvalue weighted by atomic mass is 16.5. The Hall–Kier alpha value is -6.58. The maximum absolute atomic E-state index is 6.43. The molecule has 3 nitrogen and oxygen atoms in total. The van der Waals surface area contributed by atoms with E-state index in [1.807, 2.05) is 6.07 Å². The average molecular weight is 655 g/mol. The van der Waals surface area contributed by atoms with Gasteiger partial charge in [0.2, 0.25) is 0 Å². The first kappa shape index (κ1) is 29.3. The minimum absolute atomic E-state index is 0.00282. The van der Waals surface area contributed by atoms with Crippen molar-refractivity contribution in [1.29, 1.82) is 0 Å². The van der Waals surface area contributed by atoms with Gasteiger partial charge in [-0.3, -0.25) is 0 Å². The molecule has 2 heterocycles. The average Bonchev–Trinajstić information content (AvgIpc) is 3.74. The van der Waals surface area contributed by atoms with Crippen LogP contribution in [-0.4, -0.2) is 10.7 Å². The lowest BCUT2D eigenvalue weighted by molar-refractivity contribution is 0.258. The highest BCUT2D eigenvalue weighted by molar-refractivity contribution is 6.10. The molecule has 10 rings (SSSR count). The van der Waals surface area contributed by atoms with Gasteiger partial charge in [-0.1, -0.05) is 140 Å². The van der Waals surface area contributed by atoms with Crippen LogP contribution in [0.3, 0.4) is 0 Å². The molecule has 2 atom stereocenters. The first-order chi connectivity index (χ1) is 25.3. The van der Waals surface area contributed by atoms with E-state index in [1.54, 1.807) is 0 Å². The van der Waals surface area contributed by atoms with Crippen molar-refractivity contribution in [3.05, 3.63) is 199 Å². The Kier molecular flexibility index (Phi) is 6.95. The molecule has 0 saturated heterocycles. The van der Waals surface area contributed by atoms with Crippen molar-refractivity contribution >= 4 is 38.8 Å². The largest absolute Gasteiger partial charge is 0.484 e. The Morgan fingerprint density at radius 3 is 1.94 bits per heavy atom. The second kappa shape index (κ2) is 12.1. The fourth-order valence-electron chi connectivity index (χ4n) is 8.05. The zero-order chi connectivity index (χ0) is 33.7. The van der Waals surface area contributed by atoms with Crippen LogP contribution in [0.4, 0.5) is 11.4 Å². The van der Waals surface area contributed by atoms with Gasteiger partial charge >= 0.3 is 0 Å². The topological polar surface area (TPSA) is 26.2 Å². The Morgan fingerprint density at radius 1 is 0.510 bits per heavy atom. The molecule has 0 saturated carbocycles. The maximum Gasteiger partial charge on any atom is 0.135 e. The molecular formula is C48H34N2O. The number of ether oxygens (including phenoxy) is 1. The number of allylic oxidation sites excluding steroid dienone is 2. The molecule has 7 aromatic carbocycles. The van der Waals surface area contributed by atoms with Crippen LogP contribution in [0.15, 0.2) is 188 Å². The zero-order valence-electron chi connectivity index (χ0n) is 27.9. The van der Waals surface area contributed by atoms with Crippen LogP contribution in [0.2, 0.25) is 0 Å². The third-order valence-electron chi connectivity index (χ3n) is 10.4. The third-order valence-corrected chi connectivity index (χ3v) is 10.4. The van der Waals surface area contributed by atoms with E-state index in [-0.39, 0.29) is 12.0 Å². The van der Waals surface area contributed by atoms with Gasteiger partial charge in [0.05, 0.1) is 16.7 Å². The fraction of sp³-hybridized carbons (Fsp3) is 0.0417. The Morgan fingerprint density at radius 2 is 1.16 bits per heavy atom. The molecule has 1 aliphatic carbocycles. The molecular weight excluding hydrogens is 621 g/mol. The van der Waals surface area contributed by atoms with E-state index in [9.17, 15) is 0 Å². The Balaban J connectivity index is 0.966. The molecule has 2 unspecified atom stereocenters. The minimum atomic E-state index is 0.00282. The second-order valence-corrected chi connectivity index (χ2v) is 13.3. The highest BCUT2D eigenvalue weighted by Gasteiger charge is 2.35. The molecule has 0 radical (unpaired) electrons. The van der Waals surface area contributed by atoms with Crippen LogP contribution in [0, 0.1) is 0 Å². The number of hydrogen-bond donors (Lipinski definition) is 1. The number of fused-ring (bicyclic) bond motifs is 6. The lowest BCUT2D eigenvalue weighted by Gasteiger charge is -2.24. The smallest absolute Gasteiger partial charge is 0.135 e. The molecule has 1 aliphatic heterocycles. The molecule has 0 spiro atoms. The molecule has 0 bridgehead atoms. The van der Waals surface area contributed by atoms with E-state index in [2.05, 4.69) is 192 Å². The van der Waals surface area contributed by atoms with Gasteiger partial charge in [0.25, 0.3) is 0 Å². The summed E-state index contributed by atoms with van der Waals surface area (Å²) in [5.41, 5.74) is 14.1. The summed E-state index contributed by atoms with van der Waals surface area (Å²) in [7, 11) is 0. The molecule has 2 aliphatic rings. The number of benzene rings is 7. The number of aromatic nitrogens is 1. The molecule has 3 heteroatoms. The monoisotopic (exact) mass is 654 g/mol. The summed E-state index contributed by atoms with van der Waals surface area (Å²) in [6, 6.07) is 60.8. The SMILES string of the molecule is C1=CC(c2ccc(Nc3cccc(-c4ccccc4-c4ccccc4-n4c5ccccc5c5ccccc54)c3)cc2)C2Oc3ccccc3C2=C1. The summed E-state index contributed by atoms with van der Waals surface area (Å²) < 4.78 is 8.84. The standard InChI is InChI=1S/C48H34N2O/c1-2-16-38(39-17-3-7-23-44(39)50-45-24-8-4-18-40(45)41-19-5-9-25-46(41)50)36(15-1)33-13-11-14-35(31-33)49-34-29-27-32(28-30-34)37-21-12-22-43-42-20-6-10-26-47(42)51-48(37)43/h1-31,37,48-49H. The molecule has 242 valence electrons. The van der Waals surface area contributed by atoms with Crippen LogP contribution in [-0.2, 0) is 0 Å². The van der Waals surface area contributed by atoms with E-state index < -0.39 is 0 Å².